The Labute approximate surface area is 201 Å². The van der Waals surface area contributed by atoms with E-state index in [-0.39, 0.29) is 32.1 Å². The summed E-state index contributed by atoms with van der Waals surface area (Å²) in [4.78, 5) is 52.2. The highest BCUT2D eigenvalue weighted by molar-refractivity contribution is 8.03. The van der Waals surface area contributed by atoms with Gasteiger partial charge in [0.15, 0.2) is 10.9 Å². The van der Waals surface area contributed by atoms with Crippen molar-refractivity contribution in [3.05, 3.63) is 75.1 Å². The highest BCUT2D eigenvalue weighted by Gasteiger charge is 2.22. The molecular weight excluding hydrogens is 528 g/mol. The van der Waals surface area contributed by atoms with Gasteiger partial charge in [-0.25, -0.2) is 0 Å². The van der Waals surface area contributed by atoms with Crippen LogP contribution < -0.4 is 21.7 Å². The van der Waals surface area contributed by atoms with Crippen molar-refractivity contribution in [3.8, 4) is 0 Å². The van der Waals surface area contributed by atoms with E-state index in [1.807, 2.05) is 6.92 Å². The van der Waals surface area contributed by atoms with Crippen molar-refractivity contribution >= 4 is 54.5 Å². The fourth-order valence-corrected chi connectivity index (χ4v) is 7.35. The first kappa shape index (κ1) is 26.5. The summed E-state index contributed by atoms with van der Waals surface area (Å²) in [6.07, 6.45) is 0.554. The van der Waals surface area contributed by atoms with Gasteiger partial charge in [0, 0.05) is 22.3 Å². The summed E-state index contributed by atoms with van der Waals surface area (Å²) >= 11 is 1.18. The molecule has 0 bridgehead atoms. The lowest BCUT2D eigenvalue weighted by molar-refractivity contribution is 0.483. The number of benzene rings is 1. The number of rotatable bonds is 9. The van der Waals surface area contributed by atoms with Crippen molar-refractivity contribution in [2.75, 3.05) is 23.0 Å². The maximum absolute atomic E-state index is 13.3. The molecule has 2 aliphatic rings. The van der Waals surface area contributed by atoms with Gasteiger partial charge in [0.25, 0.3) is 20.2 Å². The van der Waals surface area contributed by atoms with Crippen LogP contribution in [0.1, 0.15) is 12.5 Å². The predicted molar refractivity (Wildman–Crippen MR) is 130 cm³/mol. The van der Waals surface area contributed by atoms with Crippen LogP contribution in [0.4, 0.5) is 0 Å². The molecule has 0 radical (unpaired) electrons. The van der Waals surface area contributed by atoms with Crippen LogP contribution in [0.3, 0.4) is 0 Å². The molecule has 0 fully saturated rings. The summed E-state index contributed by atoms with van der Waals surface area (Å²) in [7, 11) is -8.78. The van der Waals surface area contributed by atoms with E-state index in [2.05, 4.69) is 0 Å². The molecule has 0 atom stereocenters. The Kier molecular flexibility index (Phi) is 7.70. The van der Waals surface area contributed by atoms with Gasteiger partial charge in [-0.15, -0.1) is 23.5 Å². The molecule has 3 rings (SSSR count). The number of hydrogen-bond donors (Lipinski definition) is 2. The van der Waals surface area contributed by atoms with Crippen molar-refractivity contribution in [2.45, 2.75) is 23.1 Å². The lowest BCUT2D eigenvalue weighted by Gasteiger charge is -2.08. The van der Waals surface area contributed by atoms with Crippen molar-refractivity contribution in [1.82, 2.24) is 0 Å². The van der Waals surface area contributed by atoms with E-state index >= 15 is 0 Å². The summed E-state index contributed by atoms with van der Waals surface area (Å²) in [6.45, 7) is 1.83. The molecule has 0 heterocycles. The summed E-state index contributed by atoms with van der Waals surface area (Å²) in [5.41, 5.74) is -2.82. The van der Waals surface area contributed by atoms with Crippen LogP contribution in [-0.2, 0) is 26.7 Å². The van der Waals surface area contributed by atoms with Crippen molar-refractivity contribution < 1.29 is 25.9 Å². The summed E-state index contributed by atoms with van der Waals surface area (Å²) < 4.78 is 62.2. The van der Waals surface area contributed by atoms with E-state index in [9.17, 15) is 36.0 Å². The molecule has 0 aromatic heterocycles. The van der Waals surface area contributed by atoms with Gasteiger partial charge < -0.3 is 0 Å². The average molecular weight is 547 g/mol. The summed E-state index contributed by atoms with van der Waals surface area (Å²) in [5.74, 6) is -2.21. The largest absolute Gasteiger partial charge is 0.288 e. The Morgan fingerprint density at radius 2 is 1.15 bits per heavy atom. The molecule has 0 saturated carbocycles. The topological polar surface area (TPSA) is 177 Å². The first-order valence-electron chi connectivity index (χ1n) is 9.71. The fourth-order valence-electron chi connectivity index (χ4n) is 3.32. The molecule has 2 N–H and O–H groups in total. The molecule has 0 spiro atoms. The van der Waals surface area contributed by atoms with Crippen LogP contribution in [0.5, 0.6) is 0 Å². The molecule has 34 heavy (non-hydrogen) atoms. The minimum Gasteiger partial charge on any atom is -0.288 e. The highest BCUT2D eigenvalue weighted by Crippen LogP contribution is 2.26. The van der Waals surface area contributed by atoms with Crippen LogP contribution in [0.2, 0.25) is 0 Å². The average Bonchev–Trinajstić information content (AvgIpc) is 2.73. The molecule has 0 unspecified atom stereocenters. The Morgan fingerprint density at radius 1 is 0.706 bits per heavy atom. The Balaban J connectivity index is 2.38. The van der Waals surface area contributed by atoms with Gasteiger partial charge in [0.05, 0.1) is 31.7 Å². The zero-order chi connectivity index (χ0) is 25.4. The quantitative estimate of drug-likeness (QED) is 0.279. The molecule has 1 aromatic carbocycles. The standard InChI is InChI=1S/C20H18O10S4/c1-2-10-3-4-11-12(9-10)16(22)14-13(15(11)21)17(23)19(31-5-7-33(25,26)27)20(18(14)24)32-6-8-34(28,29)30/h3-4,9H,2,5-8H2,1H3,(H,25,26,27)(H,28,29,30). The fraction of sp³-hybridized carbons (Fsp3) is 0.300. The molecule has 0 amide bonds. The third-order valence-electron chi connectivity index (χ3n) is 4.93. The smallest absolute Gasteiger partial charge is 0.265 e. The monoisotopic (exact) mass is 546 g/mol. The minimum absolute atomic E-state index is 0.0194. The second kappa shape index (κ2) is 9.87. The van der Waals surface area contributed by atoms with E-state index in [0.29, 0.717) is 29.9 Å². The van der Waals surface area contributed by atoms with E-state index in [0.717, 1.165) is 5.56 Å². The maximum atomic E-state index is 13.3. The first-order valence-corrected chi connectivity index (χ1v) is 14.9. The molecule has 1 aromatic rings. The van der Waals surface area contributed by atoms with Crippen molar-refractivity contribution in [2.24, 2.45) is 0 Å². The zero-order valence-electron chi connectivity index (χ0n) is 17.6. The molecule has 0 aliphatic heterocycles. The predicted octanol–water partition coefficient (Wildman–Crippen LogP) is 0.403. The molecule has 0 saturated heterocycles. The number of hydrogen-bond acceptors (Lipinski definition) is 10. The molecule has 2 aliphatic carbocycles. The van der Waals surface area contributed by atoms with Crippen molar-refractivity contribution in [1.29, 1.82) is 0 Å². The Bertz CT molecular complexity index is 1770. The molecule has 10 nitrogen and oxygen atoms in total. The lowest BCUT2D eigenvalue weighted by atomic mass is 10.0. The van der Waals surface area contributed by atoms with Crippen LogP contribution in [-0.4, -0.2) is 49.0 Å². The van der Waals surface area contributed by atoms with Gasteiger partial charge in [0.1, 0.15) is 0 Å². The zero-order valence-corrected chi connectivity index (χ0v) is 20.8. The number of fused-ring (bicyclic) bond motifs is 1. The Hall–Kier alpha value is -2.10. The second-order valence-corrected chi connectivity index (χ2v) is 12.6. The maximum Gasteiger partial charge on any atom is 0.265 e. The van der Waals surface area contributed by atoms with Crippen molar-refractivity contribution in [3.63, 3.8) is 0 Å². The molecular formula is C20H18O10S4. The summed E-state index contributed by atoms with van der Waals surface area (Å²) in [5, 5.41) is -1.30. The molecule has 182 valence electrons. The first-order chi connectivity index (χ1) is 15.7. The van der Waals surface area contributed by atoms with Gasteiger partial charge in [-0.3, -0.25) is 28.3 Å². The number of thioether (sulfide) groups is 2. The minimum atomic E-state index is -4.39. The summed E-state index contributed by atoms with van der Waals surface area (Å²) in [6, 6.07) is 4.50. The van der Waals surface area contributed by atoms with Gasteiger partial charge >= 0.3 is 0 Å². The van der Waals surface area contributed by atoms with Gasteiger partial charge in [0.2, 0.25) is 10.9 Å². The van der Waals surface area contributed by atoms with Crippen LogP contribution in [0, 0.1) is 10.4 Å². The highest BCUT2D eigenvalue weighted by atomic mass is 32.2. The number of aryl methyl sites for hydroxylation is 1. The SMILES string of the molecule is CCc1ccc2c(=O)c3c(=O)c(SCCS(=O)(=O)O)c(SCCS(=O)(=O)O)c(=O)c=3c(=O)c2c1. The van der Waals surface area contributed by atoms with Gasteiger partial charge in [-0.2, -0.15) is 16.8 Å². The third-order valence-corrected chi connectivity index (χ3v) is 9.19. The van der Waals surface area contributed by atoms with Crippen LogP contribution >= 0.6 is 23.5 Å². The van der Waals surface area contributed by atoms with Gasteiger partial charge in [-0.05, 0) is 18.1 Å². The van der Waals surface area contributed by atoms with E-state index in [1.165, 1.54) is 12.1 Å². The normalized spacial score (nSPS) is 12.6. The molecule has 14 heteroatoms. The van der Waals surface area contributed by atoms with E-state index in [1.54, 1.807) is 6.07 Å². The van der Waals surface area contributed by atoms with E-state index in [4.69, 9.17) is 9.11 Å². The van der Waals surface area contributed by atoms with E-state index < -0.39 is 63.9 Å². The second-order valence-electron chi connectivity index (χ2n) is 7.23. The lowest BCUT2D eigenvalue weighted by Crippen LogP contribution is -2.31. The Morgan fingerprint density at radius 3 is 1.56 bits per heavy atom. The van der Waals surface area contributed by atoms with Crippen LogP contribution in [0.15, 0.2) is 47.2 Å². The third kappa shape index (κ3) is 5.58. The van der Waals surface area contributed by atoms with Crippen LogP contribution in [0.25, 0.3) is 10.8 Å². The van der Waals surface area contributed by atoms with Gasteiger partial charge in [-0.1, -0.05) is 19.1 Å².